The molecule has 1 aromatic carbocycles. The summed E-state index contributed by atoms with van der Waals surface area (Å²) < 4.78 is 0. The summed E-state index contributed by atoms with van der Waals surface area (Å²) in [6, 6.07) is 7.99. The van der Waals surface area contributed by atoms with Crippen LogP contribution in [0.25, 0.3) is 0 Å². The summed E-state index contributed by atoms with van der Waals surface area (Å²) in [6.45, 7) is 6.36. The summed E-state index contributed by atoms with van der Waals surface area (Å²) in [5.74, 6) is 1.06. The summed E-state index contributed by atoms with van der Waals surface area (Å²) in [4.78, 5) is 20.9. The highest BCUT2D eigenvalue weighted by Gasteiger charge is 2.30. The molecule has 1 aliphatic heterocycles. The van der Waals surface area contributed by atoms with E-state index in [-0.39, 0.29) is 35.9 Å². The first kappa shape index (κ1) is 26.0. The topological polar surface area (TPSA) is 60.0 Å². The van der Waals surface area contributed by atoms with Crippen LogP contribution in [-0.4, -0.2) is 74.5 Å². The second-order valence-corrected chi connectivity index (χ2v) is 7.78. The number of nitrogens with one attached hydrogen (secondary N) is 2. The van der Waals surface area contributed by atoms with Gasteiger partial charge in [0.05, 0.1) is 6.04 Å². The number of rotatable bonds is 9. The molecule has 1 aliphatic rings. The van der Waals surface area contributed by atoms with E-state index in [1.807, 2.05) is 32.3 Å². The summed E-state index contributed by atoms with van der Waals surface area (Å²) >= 11 is 6.04. The highest BCUT2D eigenvalue weighted by molar-refractivity contribution is 14.0. The Hall–Kier alpha value is -1.06. The number of guanidine groups is 1. The van der Waals surface area contributed by atoms with E-state index in [1.54, 1.807) is 4.90 Å². The first-order valence-corrected chi connectivity index (χ1v) is 10.6. The average molecular weight is 536 g/mol. The van der Waals surface area contributed by atoms with Gasteiger partial charge >= 0.3 is 0 Å². The molecule has 1 saturated heterocycles. The Morgan fingerprint density at radius 1 is 1.34 bits per heavy atom. The SMILES string of the molecule is CCNC(=NCCCN1CCCC1C(=O)N(C)C)NCCc1cccc(Cl)c1.I. The molecule has 0 radical (unpaired) electrons. The Morgan fingerprint density at radius 2 is 2.14 bits per heavy atom. The standard InChI is InChI=1S/C21H34ClN5O.HI/c1-4-23-21(25-13-11-17-8-5-9-18(22)16-17)24-12-7-15-27-14-6-10-19(27)20(28)26(2)3;/h5,8-9,16,19H,4,6-7,10-15H2,1-3H3,(H2,23,24,25);1H. The van der Waals surface area contributed by atoms with Crippen molar-refractivity contribution in [1.82, 2.24) is 20.4 Å². The van der Waals surface area contributed by atoms with Crippen molar-refractivity contribution >= 4 is 47.4 Å². The van der Waals surface area contributed by atoms with Crippen LogP contribution in [-0.2, 0) is 11.2 Å². The number of likely N-dealkylation sites (N-methyl/N-ethyl adjacent to an activating group) is 1. The normalized spacial score (nSPS) is 17.0. The molecule has 0 bridgehead atoms. The van der Waals surface area contributed by atoms with Gasteiger partial charge < -0.3 is 15.5 Å². The van der Waals surface area contributed by atoms with E-state index in [0.717, 1.165) is 69.4 Å². The summed E-state index contributed by atoms with van der Waals surface area (Å²) in [5.41, 5.74) is 1.21. The Balaban J connectivity index is 0.00000420. The second kappa shape index (κ2) is 14.0. The maximum Gasteiger partial charge on any atom is 0.239 e. The van der Waals surface area contributed by atoms with Crippen molar-refractivity contribution in [2.24, 2.45) is 4.99 Å². The zero-order chi connectivity index (χ0) is 20.4. The van der Waals surface area contributed by atoms with Crippen LogP contribution >= 0.6 is 35.6 Å². The van der Waals surface area contributed by atoms with E-state index < -0.39 is 0 Å². The summed E-state index contributed by atoms with van der Waals surface area (Å²) in [5, 5.41) is 7.44. The van der Waals surface area contributed by atoms with E-state index in [0.29, 0.717) is 0 Å². The zero-order valence-corrected chi connectivity index (χ0v) is 20.9. The Kier molecular flexibility index (Phi) is 12.6. The maximum atomic E-state index is 12.3. The second-order valence-electron chi connectivity index (χ2n) is 7.35. The molecular formula is C21H35ClIN5O. The number of carbonyl (C=O) groups is 1. The van der Waals surface area contributed by atoms with Gasteiger partial charge in [-0.2, -0.15) is 0 Å². The van der Waals surface area contributed by atoms with Crippen molar-refractivity contribution < 1.29 is 4.79 Å². The Labute approximate surface area is 197 Å². The van der Waals surface area contributed by atoms with E-state index in [4.69, 9.17) is 11.6 Å². The predicted molar refractivity (Wildman–Crippen MR) is 132 cm³/mol. The molecule has 1 fully saturated rings. The molecule has 0 spiro atoms. The van der Waals surface area contributed by atoms with Crippen LogP contribution in [0.1, 0.15) is 31.7 Å². The lowest BCUT2D eigenvalue weighted by Crippen LogP contribution is -2.43. The quantitative estimate of drug-likeness (QED) is 0.221. The van der Waals surface area contributed by atoms with Crippen molar-refractivity contribution in [3.05, 3.63) is 34.9 Å². The average Bonchev–Trinajstić information content (AvgIpc) is 3.13. The molecule has 0 aliphatic carbocycles. The van der Waals surface area contributed by atoms with Crippen LogP contribution < -0.4 is 10.6 Å². The van der Waals surface area contributed by atoms with Gasteiger partial charge in [0.2, 0.25) is 5.91 Å². The van der Waals surface area contributed by atoms with Crippen molar-refractivity contribution in [3.8, 4) is 0 Å². The molecule has 2 rings (SSSR count). The molecule has 2 N–H and O–H groups in total. The number of halogens is 2. The monoisotopic (exact) mass is 535 g/mol. The van der Waals surface area contributed by atoms with Gasteiger partial charge in [0.15, 0.2) is 5.96 Å². The first-order chi connectivity index (χ1) is 13.5. The number of hydrogen-bond acceptors (Lipinski definition) is 3. The van der Waals surface area contributed by atoms with Gasteiger partial charge in [-0.3, -0.25) is 14.7 Å². The van der Waals surface area contributed by atoms with Crippen molar-refractivity contribution in [2.45, 2.75) is 38.6 Å². The summed E-state index contributed by atoms with van der Waals surface area (Å²) in [7, 11) is 3.67. The molecule has 8 heteroatoms. The molecule has 1 atom stereocenters. The first-order valence-electron chi connectivity index (χ1n) is 10.2. The third-order valence-electron chi connectivity index (χ3n) is 4.90. The summed E-state index contributed by atoms with van der Waals surface area (Å²) in [6.07, 6.45) is 3.91. The van der Waals surface area contributed by atoms with Gasteiger partial charge in [-0.25, -0.2) is 0 Å². The van der Waals surface area contributed by atoms with Crippen LogP contribution in [0, 0.1) is 0 Å². The molecular weight excluding hydrogens is 501 g/mol. The third-order valence-corrected chi connectivity index (χ3v) is 5.14. The van der Waals surface area contributed by atoms with Crippen LogP contribution in [0.4, 0.5) is 0 Å². The Bertz CT molecular complexity index is 656. The minimum Gasteiger partial charge on any atom is -0.357 e. The molecule has 29 heavy (non-hydrogen) atoms. The number of benzene rings is 1. The minimum absolute atomic E-state index is 0. The Morgan fingerprint density at radius 3 is 2.83 bits per heavy atom. The molecule has 1 unspecified atom stereocenters. The number of amides is 1. The van der Waals surface area contributed by atoms with Gasteiger partial charge in [-0.1, -0.05) is 23.7 Å². The van der Waals surface area contributed by atoms with Gasteiger partial charge in [0.25, 0.3) is 0 Å². The van der Waals surface area contributed by atoms with Crippen LogP contribution in [0.5, 0.6) is 0 Å². The van der Waals surface area contributed by atoms with Crippen LogP contribution in [0.2, 0.25) is 5.02 Å². The van der Waals surface area contributed by atoms with Gasteiger partial charge in [-0.05, 0) is 56.8 Å². The fraction of sp³-hybridized carbons (Fsp3) is 0.619. The number of aliphatic imine (C=N–C) groups is 1. The zero-order valence-electron chi connectivity index (χ0n) is 17.8. The lowest BCUT2D eigenvalue weighted by molar-refractivity contribution is -0.133. The van der Waals surface area contributed by atoms with E-state index in [2.05, 4.69) is 33.5 Å². The van der Waals surface area contributed by atoms with Gasteiger partial charge in [0, 0.05) is 45.3 Å². The van der Waals surface area contributed by atoms with E-state index in [9.17, 15) is 4.79 Å². The largest absolute Gasteiger partial charge is 0.357 e. The number of hydrogen-bond donors (Lipinski definition) is 2. The highest BCUT2D eigenvalue weighted by atomic mass is 127. The third kappa shape index (κ3) is 9.09. The number of carbonyl (C=O) groups excluding carboxylic acids is 1. The van der Waals surface area contributed by atoms with E-state index in [1.165, 1.54) is 5.56 Å². The molecule has 1 aromatic rings. The van der Waals surface area contributed by atoms with Gasteiger partial charge in [-0.15, -0.1) is 24.0 Å². The minimum atomic E-state index is 0. The van der Waals surface area contributed by atoms with Crippen molar-refractivity contribution in [2.75, 3.05) is 46.8 Å². The number of nitrogens with zero attached hydrogens (tertiary/aromatic N) is 3. The smallest absolute Gasteiger partial charge is 0.239 e. The lowest BCUT2D eigenvalue weighted by atomic mass is 10.1. The molecule has 164 valence electrons. The lowest BCUT2D eigenvalue weighted by Gasteiger charge is -2.25. The van der Waals surface area contributed by atoms with Crippen LogP contribution in [0.15, 0.2) is 29.3 Å². The number of likely N-dealkylation sites (tertiary alicyclic amines) is 1. The molecule has 0 saturated carbocycles. The maximum absolute atomic E-state index is 12.3. The molecule has 1 amide bonds. The molecule has 6 nitrogen and oxygen atoms in total. The van der Waals surface area contributed by atoms with Crippen molar-refractivity contribution in [1.29, 1.82) is 0 Å². The molecule has 1 heterocycles. The van der Waals surface area contributed by atoms with Crippen molar-refractivity contribution in [3.63, 3.8) is 0 Å². The van der Waals surface area contributed by atoms with Gasteiger partial charge in [0.1, 0.15) is 0 Å². The van der Waals surface area contributed by atoms with E-state index >= 15 is 0 Å². The molecule has 0 aromatic heterocycles. The van der Waals surface area contributed by atoms with Crippen LogP contribution in [0.3, 0.4) is 0 Å². The fourth-order valence-corrected chi connectivity index (χ4v) is 3.71. The fourth-order valence-electron chi connectivity index (χ4n) is 3.50. The highest BCUT2D eigenvalue weighted by Crippen LogP contribution is 2.18. The predicted octanol–water partition coefficient (Wildman–Crippen LogP) is 3.00.